The molecule has 8 heavy (non-hydrogen) atoms. The van der Waals surface area contributed by atoms with Crippen LogP contribution in [0.5, 0.6) is 0 Å². The highest BCUT2D eigenvalue weighted by Gasteiger charge is 2.10. The van der Waals surface area contributed by atoms with Crippen molar-refractivity contribution in [2.24, 2.45) is 11.7 Å². The standard InChI is InChI=1S/C5H10BNO/c1-3(2)4(6)5(7)8/h3-4H,1-2H3,(H2,7,8)/t4-/m0/s1. The fraction of sp³-hybridized carbons (Fsp3) is 0.800. The van der Waals surface area contributed by atoms with E-state index in [1.165, 1.54) is 0 Å². The van der Waals surface area contributed by atoms with Crippen molar-refractivity contribution in [2.45, 2.75) is 19.7 Å². The summed E-state index contributed by atoms with van der Waals surface area (Å²) in [4.78, 5) is 10.2. The van der Waals surface area contributed by atoms with Gasteiger partial charge in [0.15, 0.2) is 0 Å². The Balaban J connectivity index is 3.64. The highest BCUT2D eigenvalue weighted by Crippen LogP contribution is 2.10. The average Bonchev–Trinajstić information content (AvgIpc) is 1.64. The summed E-state index contributed by atoms with van der Waals surface area (Å²) < 4.78 is 0. The van der Waals surface area contributed by atoms with Crippen molar-refractivity contribution in [2.75, 3.05) is 0 Å². The van der Waals surface area contributed by atoms with E-state index in [2.05, 4.69) is 0 Å². The maximum absolute atomic E-state index is 10.2. The zero-order valence-electron chi connectivity index (χ0n) is 5.22. The van der Waals surface area contributed by atoms with Gasteiger partial charge in [-0.15, -0.1) is 0 Å². The number of carbonyl (C=O) groups is 1. The monoisotopic (exact) mass is 111 g/mol. The molecule has 0 aliphatic rings. The molecule has 0 aromatic rings. The van der Waals surface area contributed by atoms with Crippen LogP contribution in [0.4, 0.5) is 0 Å². The molecule has 0 unspecified atom stereocenters. The third kappa shape index (κ3) is 2.00. The van der Waals surface area contributed by atoms with Crippen molar-refractivity contribution in [3.8, 4) is 0 Å². The van der Waals surface area contributed by atoms with Gasteiger partial charge in [-0.05, 0) is 5.92 Å². The molecule has 2 N–H and O–H groups in total. The van der Waals surface area contributed by atoms with Gasteiger partial charge in [-0.2, -0.15) is 0 Å². The molecular formula is C5H10BNO. The quantitative estimate of drug-likeness (QED) is 0.504. The van der Waals surface area contributed by atoms with E-state index >= 15 is 0 Å². The van der Waals surface area contributed by atoms with Crippen LogP contribution in [0.15, 0.2) is 0 Å². The van der Waals surface area contributed by atoms with Crippen LogP contribution in [-0.2, 0) is 4.79 Å². The number of rotatable bonds is 2. The van der Waals surface area contributed by atoms with E-state index in [0.29, 0.717) is 0 Å². The summed E-state index contributed by atoms with van der Waals surface area (Å²) in [5.74, 6) is -0.775. The lowest BCUT2D eigenvalue weighted by Crippen LogP contribution is -2.22. The average molecular weight is 111 g/mol. The molecule has 0 bridgehead atoms. The molecule has 1 atom stereocenters. The molecule has 0 saturated carbocycles. The number of primary amides is 1. The summed E-state index contributed by atoms with van der Waals surface area (Å²) in [6.07, 6.45) is 0. The minimum absolute atomic E-state index is 0.146. The van der Waals surface area contributed by atoms with Crippen LogP contribution >= 0.6 is 0 Å². The van der Waals surface area contributed by atoms with Gasteiger partial charge in [-0.3, -0.25) is 4.79 Å². The number of hydrogen-bond acceptors (Lipinski definition) is 1. The molecular weight excluding hydrogens is 101 g/mol. The van der Waals surface area contributed by atoms with Gasteiger partial charge in [-0.1, -0.05) is 13.8 Å². The van der Waals surface area contributed by atoms with Gasteiger partial charge in [0.2, 0.25) is 5.91 Å². The van der Waals surface area contributed by atoms with E-state index in [9.17, 15) is 4.79 Å². The maximum atomic E-state index is 10.2. The summed E-state index contributed by atoms with van der Waals surface area (Å²) in [7, 11) is 5.28. The Morgan fingerprint density at radius 3 is 2.00 bits per heavy atom. The zero-order chi connectivity index (χ0) is 6.73. The fourth-order valence-electron chi connectivity index (χ4n) is 0.329. The van der Waals surface area contributed by atoms with Gasteiger partial charge in [0.1, 0.15) is 0 Å². The van der Waals surface area contributed by atoms with E-state index in [1.54, 1.807) is 0 Å². The second-order valence-corrected chi connectivity index (χ2v) is 2.17. The van der Waals surface area contributed by atoms with Crippen molar-refractivity contribution in [1.29, 1.82) is 0 Å². The summed E-state index contributed by atoms with van der Waals surface area (Å²) >= 11 is 0. The van der Waals surface area contributed by atoms with Gasteiger partial charge >= 0.3 is 0 Å². The van der Waals surface area contributed by atoms with Crippen LogP contribution in [-0.4, -0.2) is 13.8 Å². The van der Waals surface area contributed by atoms with E-state index in [1.807, 2.05) is 13.8 Å². The lowest BCUT2D eigenvalue weighted by molar-refractivity contribution is -0.118. The summed E-state index contributed by atoms with van der Waals surface area (Å²) in [6.45, 7) is 3.71. The van der Waals surface area contributed by atoms with Crippen LogP contribution in [0.25, 0.3) is 0 Å². The molecule has 0 aromatic heterocycles. The predicted molar refractivity (Wildman–Crippen MR) is 33.5 cm³/mol. The molecule has 0 aromatic carbocycles. The van der Waals surface area contributed by atoms with Crippen molar-refractivity contribution in [3.05, 3.63) is 0 Å². The normalized spacial score (nSPS) is 13.9. The molecule has 0 spiro atoms. The first-order valence-corrected chi connectivity index (χ1v) is 2.60. The van der Waals surface area contributed by atoms with Crippen molar-refractivity contribution in [1.82, 2.24) is 0 Å². The molecule has 44 valence electrons. The van der Waals surface area contributed by atoms with E-state index < -0.39 is 11.7 Å². The smallest absolute Gasteiger partial charge is 0.212 e. The molecule has 3 heteroatoms. The Kier molecular flexibility index (Phi) is 2.59. The van der Waals surface area contributed by atoms with Gasteiger partial charge in [0.05, 0.1) is 7.85 Å². The number of nitrogens with two attached hydrogens (primary N) is 1. The van der Waals surface area contributed by atoms with Crippen molar-refractivity contribution in [3.63, 3.8) is 0 Å². The van der Waals surface area contributed by atoms with Gasteiger partial charge < -0.3 is 5.73 Å². The van der Waals surface area contributed by atoms with Crippen molar-refractivity contribution < 1.29 is 4.79 Å². The highest BCUT2D eigenvalue weighted by molar-refractivity contribution is 6.23. The fourth-order valence-corrected chi connectivity index (χ4v) is 0.329. The van der Waals surface area contributed by atoms with Crippen LogP contribution in [0.3, 0.4) is 0 Å². The third-order valence-corrected chi connectivity index (χ3v) is 1.05. The molecule has 1 amide bonds. The molecule has 0 saturated heterocycles. The summed E-state index contributed by atoms with van der Waals surface area (Å²) in [5.41, 5.74) is 4.87. The number of amides is 1. The van der Waals surface area contributed by atoms with Crippen LogP contribution in [0, 0.1) is 5.92 Å². The Bertz CT molecular complexity index is 92.4. The third-order valence-electron chi connectivity index (χ3n) is 1.05. The van der Waals surface area contributed by atoms with Crippen LogP contribution in [0.1, 0.15) is 13.8 Å². The largest absolute Gasteiger partial charge is 0.370 e. The Labute approximate surface area is 50.9 Å². The zero-order valence-corrected chi connectivity index (χ0v) is 5.22. The molecule has 2 nitrogen and oxygen atoms in total. The molecule has 0 aliphatic heterocycles. The first kappa shape index (κ1) is 7.53. The predicted octanol–water partition coefficient (Wildman–Crippen LogP) is 0.0847. The van der Waals surface area contributed by atoms with Crippen LogP contribution in [0.2, 0.25) is 5.82 Å². The SMILES string of the molecule is [B][C@H](C(N)=O)C(C)C. The Morgan fingerprint density at radius 1 is 1.62 bits per heavy atom. The summed E-state index contributed by atoms with van der Waals surface area (Å²) in [5, 5.41) is 0. The van der Waals surface area contributed by atoms with E-state index in [4.69, 9.17) is 13.6 Å². The maximum Gasteiger partial charge on any atom is 0.212 e. The molecule has 0 aliphatic carbocycles. The minimum atomic E-state index is -0.491. The van der Waals surface area contributed by atoms with Gasteiger partial charge in [0.25, 0.3) is 0 Å². The Hall–Kier alpha value is -0.465. The highest BCUT2D eigenvalue weighted by atomic mass is 16.1. The first-order chi connectivity index (χ1) is 3.55. The van der Waals surface area contributed by atoms with Crippen LogP contribution < -0.4 is 5.73 Å². The first-order valence-electron chi connectivity index (χ1n) is 2.60. The second-order valence-electron chi connectivity index (χ2n) is 2.17. The topological polar surface area (TPSA) is 43.1 Å². The lowest BCUT2D eigenvalue weighted by Gasteiger charge is -2.09. The number of carbonyl (C=O) groups excluding carboxylic acids is 1. The molecule has 0 heterocycles. The van der Waals surface area contributed by atoms with Gasteiger partial charge in [-0.25, -0.2) is 0 Å². The Morgan fingerprint density at radius 2 is 2.00 bits per heavy atom. The van der Waals surface area contributed by atoms with Gasteiger partial charge in [0, 0.05) is 5.82 Å². The van der Waals surface area contributed by atoms with E-state index in [-0.39, 0.29) is 5.92 Å². The minimum Gasteiger partial charge on any atom is -0.370 e. The lowest BCUT2D eigenvalue weighted by atomic mass is 9.78. The molecule has 2 radical (unpaired) electrons. The second kappa shape index (κ2) is 2.75. The molecule has 0 fully saturated rings. The molecule has 0 rings (SSSR count). The summed E-state index contributed by atoms with van der Waals surface area (Å²) in [6, 6.07) is 0. The number of hydrogen-bond donors (Lipinski definition) is 1. The van der Waals surface area contributed by atoms with Crippen molar-refractivity contribution >= 4 is 13.8 Å². The van der Waals surface area contributed by atoms with E-state index in [0.717, 1.165) is 0 Å².